The van der Waals surface area contributed by atoms with Gasteiger partial charge in [0.2, 0.25) is 0 Å². The van der Waals surface area contributed by atoms with E-state index in [9.17, 15) is 5.11 Å². The number of nitrogens with one attached hydrogen (secondary N) is 1. The zero-order chi connectivity index (χ0) is 11.5. The minimum Gasteiger partial charge on any atom is -0.393 e. The molecule has 0 aromatic carbocycles. The van der Waals surface area contributed by atoms with E-state index in [1.165, 1.54) is 38.5 Å². The highest BCUT2D eigenvalue weighted by molar-refractivity contribution is 4.88. The Kier molecular flexibility index (Phi) is 4.26. The number of hydrogen-bond acceptors (Lipinski definition) is 2. The lowest BCUT2D eigenvalue weighted by molar-refractivity contribution is 0.161. The zero-order valence-corrected chi connectivity index (χ0v) is 10.8. The third kappa shape index (κ3) is 3.74. The van der Waals surface area contributed by atoms with Crippen molar-refractivity contribution >= 4 is 0 Å². The van der Waals surface area contributed by atoms with Crippen molar-refractivity contribution in [2.75, 3.05) is 0 Å². The van der Waals surface area contributed by atoms with Crippen LogP contribution in [0.25, 0.3) is 0 Å². The molecule has 2 saturated carbocycles. The molecule has 0 amide bonds. The summed E-state index contributed by atoms with van der Waals surface area (Å²) in [6, 6.07) is 1.18. The highest BCUT2D eigenvalue weighted by atomic mass is 16.3. The molecule has 0 radical (unpaired) electrons. The van der Waals surface area contributed by atoms with E-state index in [1.807, 2.05) is 6.92 Å². The molecule has 0 heterocycles. The fourth-order valence-corrected chi connectivity index (χ4v) is 3.36. The van der Waals surface area contributed by atoms with Crippen LogP contribution in [0.2, 0.25) is 0 Å². The molecule has 2 heteroatoms. The summed E-state index contributed by atoms with van der Waals surface area (Å²) in [5, 5.41) is 13.1. The van der Waals surface area contributed by atoms with Crippen molar-refractivity contribution in [2.24, 2.45) is 11.8 Å². The molecule has 0 spiro atoms. The lowest BCUT2D eigenvalue weighted by atomic mass is 9.82. The zero-order valence-electron chi connectivity index (χ0n) is 10.8. The molecule has 0 aliphatic heterocycles. The maximum absolute atomic E-state index is 9.36. The van der Waals surface area contributed by atoms with Gasteiger partial charge in [-0.3, -0.25) is 0 Å². The summed E-state index contributed by atoms with van der Waals surface area (Å²) in [5.41, 5.74) is 0. The van der Waals surface area contributed by atoms with Gasteiger partial charge in [0.05, 0.1) is 6.10 Å². The quantitative estimate of drug-likeness (QED) is 0.754. The van der Waals surface area contributed by atoms with Crippen molar-refractivity contribution in [1.29, 1.82) is 0 Å². The maximum Gasteiger partial charge on any atom is 0.0526 e. The van der Waals surface area contributed by atoms with Gasteiger partial charge in [-0.1, -0.05) is 12.8 Å². The molecule has 4 unspecified atom stereocenters. The minimum atomic E-state index is -0.176. The molecule has 16 heavy (non-hydrogen) atoms. The Labute approximate surface area is 99.8 Å². The molecule has 2 aliphatic carbocycles. The molecule has 2 aliphatic rings. The molecule has 2 N–H and O–H groups in total. The largest absolute Gasteiger partial charge is 0.393 e. The Morgan fingerprint density at radius 3 is 2.50 bits per heavy atom. The molecule has 2 rings (SSSR count). The summed E-state index contributed by atoms with van der Waals surface area (Å²) in [6.07, 6.45) is 9.27. The fourth-order valence-electron chi connectivity index (χ4n) is 3.36. The lowest BCUT2D eigenvalue weighted by Gasteiger charge is -2.32. The van der Waals surface area contributed by atoms with Gasteiger partial charge in [-0.05, 0) is 57.8 Å². The van der Waals surface area contributed by atoms with Crippen molar-refractivity contribution in [3.8, 4) is 0 Å². The average Bonchev–Trinajstić information content (AvgIpc) is 2.99. The van der Waals surface area contributed by atoms with Crippen LogP contribution in [-0.4, -0.2) is 23.3 Å². The van der Waals surface area contributed by atoms with Crippen LogP contribution >= 0.6 is 0 Å². The first-order chi connectivity index (χ1) is 7.65. The van der Waals surface area contributed by atoms with Crippen LogP contribution in [0.4, 0.5) is 0 Å². The smallest absolute Gasteiger partial charge is 0.0526 e. The molecule has 4 atom stereocenters. The first-order valence-electron chi connectivity index (χ1n) is 7.09. The van der Waals surface area contributed by atoms with Gasteiger partial charge in [0, 0.05) is 12.1 Å². The standard InChI is InChI=1S/C14H27NO/c1-10(8-11(2)16)15-14-5-3-4-13(9-14)12-6-7-12/h10-16H,3-9H2,1-2H3. The number of aliphatic hydroxyl groups excluding tert-OH is 1. The van der Waals surface area contributed by atoms with E-state index in [4.69, 9.17) is 0 Å². The summed E-state index contributed by atoms with van der Waals surface area (Å²) >= 11 is 0. The molecule has 2 fully saturated rings. The Balaban J connectivity index is 1.71. The third-order valence-corrected chi connectivity index (χ3v) is 4.22. The van der Waals surface area contributed by atoms with Gasteiger partial charge in [-0.25, -0.2) is 0 Å². The van der Waals surface area contributed by atoms with Crippen LogP contribution in [0, 0.1) is 11.8 Å². The molecular formula is C14H27NO. The van der Waals surface area contributed by atoms with E-state index >= 15 is 0 Å². The molecule has 94 valence electrons. The van der Waals surface area contributed by atoms with Gasteiger partial charge in [-0.2, -0.15) is 0 Å². The van der Waals surface area contributed by atoms with Crippen LogP contribution in [0.15, 0.2) is 0 Å². The van der Waals surface area contributed by atoms with Crippen LogP contribution in [0.1, 0.15) is 58.8 Å². The Morgan fingerprint density at radius 1 is 1.12 bits per heavy atom. The van der Waals surface area contributed by atoms with Crippen LogP contribution in [0.3, 0.4) is 0 Å². The van der Waals surface area contributed by atoms with Gasteiger partial charge >= 0.3 is 0 Å². The number of aliphatic hydroxyl groups is 1. The van der Waals surface area contributed by atoms with Gasteiger partial charge in [0.25, 0.3) is 0 Å². The predicted octanol–water partition coefficient (Wildman–Crippen LogP) is 2.70. The van der Waals surface area contributed by atoms with E-state index in [1.54, 1.807) is 0 Å². The third-order valence-electron chi connectivity index (χ3n) is 4.22. The first kappa shape index (κ1) is 12.4. The Morgan fingerprint density at radius 2 is 1.88 bits per heavy atom. The summed E-state index contributed by atoms with van der Waals surface area (Å²) in [4.78, 5) is 0. The Bertz CT molecular complexity index is 213. The first-order valence-corrected chi connectivity index (χ1v) is 7.09. The van der Waals surface area contributed by atoms with E-state index in [0.717, 1.165) is 18.3 Å². The van der Waals surface area contributed by atoms with Crippen molar-refractivity contribution in [2.45, 2.75) is 77.0 Å². The molecule has 0 aromatic rings. The lowest BCUT2D eigenvalue weighted by Crippen LogP contribution is -2.41. The molecule has 0 aromatic heterocycles. The molecule has 0 saturated heterocycles. The molecule has 2 nitrogen and oxygen atoms in total. The fraction of sp³-hybridized carbons (Fsp3) is 1.00. The van der Waals surface area contributed by atoms with Gasteiger partial charge in [0.1, 0.15) is 0 Å². The normalized spacial score (nSPS) is 34.7. The van der Waals surface area contributed by atoms with E-state index in [0.29, 0.717) is 12.1 Å². The summed E-state index contributed by atoms with van der Waals surface area (Å²) in [6.45, 7) is 4.08. The van der Waals surface area contributed by atoms with E-state index in [2.05, 4.69) is 12.2 Å². The minimum absolute atomic E-state index is 0.176. The highest BCUT2D eigenvalue weighted by Gasteiger charge is 2.34. The van der Waals surface area contributed by atoms with E-state index < -0.39 is 0 Å². The topological polar surface area (TPSA) is 32.3 Å². The van der Waals surface area contributed by atoms with Crippen molar-refractivity contribution in [3.05, 3.63) is 0 Å². The van der Waals surface area contributed by atoms with Crippen LogP contribution < -0.4 is 5.32 Å². The maximum atomic E-state index is 9.36. The predicted molar refractivity (Wildman–Crippen MR) is 67.4 cm³/mol. The van der Waals surface area contributed by atoms with Crippen LogP contribution in [-0.2, 0) is 0 Å². The second kappa shape index (κ2) is 5.50. The van der Waals surface area contributed by atoms with E-state index in [-0.39, 0.29) is 6.10 Å². The van der Waals surface area contributed by atoms with Gasteiger partial charge in [0.15, 0.2) is 0 Å². The second-order valence-electron chi connectivity index (χ2n) is 6.11. The summed E-state index contributed by atoms with van der Waals surface area (Å²) in [5.74, 6) is 2.07. The summed E-state index contributed by atoms with van der Waals surface area (Å²) in [7, 11) is 0. The SMILES string of the molecule is CC(O)CC(C)NC1CCCC(C2CC2)C1. The van der Waals surface area contributed by atoms with Gasteiger partial charge in [-0.15, -0.1) is 0 Å². The Hall–Kier alpha value is -0.0800. The molecular weight excluding hydrogens is 198 g/mol. The monoisotopic (exact) mass is 225 g/mol. The van der Waals surface area contributed by atoms with Crippen LogP contribution in [0.5, 0.6) is 0 Å². The second-order valence-corrected chi connectivity index (χ2v) is 6.11. The highest BCUT2D eigenvalue weighted by Crippen LogP contribution is 2.43. The van der Waals surface area contributed by atoms with Crippen molar-refractivity contribution < 1.29 is 5.11 Å². The number of rotatable bonds is 5. The number of hydrogen-bond donors (Lipinski definition) is 2. The average molecular weight is 225 g/mol. The van der Waals surface area contributed by atoms with Crippen molar-refractivity contribution in [1.82, 2.24) is 5.32 Å². The summed E-state index contributed by atoms with van der Waals surface area (Å²) < 4.78 is 0. The van der Waals surface area contributed by atoms with Gasteiger partial charge < -0.3 is 10.4 Å². The molecule has 0 bridgehead atoms. The van der Waals surface area contributed by atoms with Crippen molar-refractivity contribution in [3.63, 3.8) is 0 Å².